The minimum absolute atomic E-state index is 0.267. The van der Waals surface area contributed by atoms with E-state index in [1.54, 1.807) is 13.2 Å². The van der Waals surface area contributed by atoms with Crippen molar-refractivity contribution in [2.24, 2.45) is 0 Å². The number of rotatable bonds is 4. The monoisotopic (exact) mass is 325 g/mol. The lowest BCUT2D eigenvalue weighted by Gasteiger charge is -2.07. The number of amides is 1. The van der Waals surface area contributed by atoms with Crippen molar-refractivity contribution in [1.29, 1.82) is 0 Å². The number of hydrogen-bond donors (Lipinski definition) is 1. The average molecular weight is 327 g/mol. The molecule has 0 saturated heterocycles. The largest absolute Gasteiger partial charge is 0.383 e. The van der Waals surface area contributed by atoms with Crippen molar-refractivity contribution in [2.75, 3.05) is 20.3 Å². The first-order valence-electron chi connectivity index (χ1n) is 4.48. The molecule has 1 N–H and O–H groups in total. The van der Waals surface area contributed by atoms with Gasteiger partial charge in [0.05, 0.1) is 22.2 Å². The maximum atomic E-state index is 11.7. The molecular weight excluding hydrogens is 317 g/mol. The molecule has 0 spiro atoms. The Morgan fingerprint density at radius 3 is 2.75 bits per heavy atom. The number of methoxy groups -OCH3 is 1. The highest BCUT2D eigenvalue weighted by molar-refractivity contribution is 9.10. The van der Waals surface area contributed by atoms with Crippen LogP contribution in [0.5, 0.6) is 0 Å². The van der Waals surface area contributed by atoms with Gasteiger partial charge >= 0.3 is 0 Å². The summed E-state index contributed by atoms with van der Waals surface area (Å²) in [7, 11) is 1.57. The summed E-state index contributed by atoms with van der Waals surface area (Å²) in [4.78, 5) is 11.7. The van der Waals surface area contributed by atoms with Crippen LogP contribution >= 0.6 is 39.1 Å². The average Bonchev–Trinajstić information content (AvgIpc) is 2.23. The summed E-state index contributed by atoms with van der Waals surface area (Å²) < 4.78 is 5.48. The van der Waals surface area contributed by atoms with Crippen molar-refractivity contribution in [3.05, 3.63) is 32.2 Å². The van der Waals surface area contributed by atoms with Gasteiger partial charge in [-0.2, -0.15) is 0 Å². The molecule has 0 aliphatic rings. The van der Waals surface area contributed by atoms with E-state index in [9.17, 15) is 4.79 Å². The summed E-state index contributed by atoms with van der Waals surface area (Å²) in [5.74, 6) is -0.267. The molecule has 6 heteroatoms. The molecule has 88 valence electrons. The van der Waals surface area contributed by atoms with Gasteiger partial charge in [0, 0.05) is 18.1 Å². The standard InChI is InChI=1S/C10H10BrCl2NO2/c1-16-3-2-14-10(15)6-4-9(13)7(11)5-8(6)12/h4-5H,2-3H2,1H3,(H,14,15). The van der Waals surface area contributed by atoms with Crippen molar-refractivity contribution in [3.8, 4) is 0 Å². The van der Waals surface area contributed by atoms with E-state index in [2.05, 4.69) is 21.2 Å². The van der Waals surface area contributed by atoms with Gasteiger partial charge in [-0.15, -0.1) is 0 Å². The van der Waals surface area contributed by atoms with Crippen LogP contribution in [0, 0.1) is 0 Å². The Bertz CT molecular complexity index is 399. The number of nitrogens with one attached hydrogen (secondary N) is 1. The molecule has 0 aromatic heterocycles. The van der Waals surface area contributed by atoms with Crippen molar-refractivity contribution in [1.82, 2.24) is 5.32 Å². The molecule has 0 saturated carbocycles. The lowest BCUT2D eigenvalue weighted by molar-refractivity contribution is 0.0937. The predicted octanol–water partition coefficient (Wildman–Crippen LogP) is 3.13. The van der Waals surface area contributed by atoms with Gasteiger partial charge in [0.1, 0.15) is 0 Å². The molecule has 1 aromatic carbocycles. The van der Waals surface area contributed by atoms with Crippen molar-refractivity contribution in [3.63, 3.8) is 0 Å². The Morgan fingerprint density at radius 1 is 1.44 bits per heavy atom. The number of carbonyl (C=O) groups is 1. The van der Waals surface area contributed by atoms with Crippen molar-refractivity contribution >= 4 is 45.0 Å². The van der Waals surface area contributed by atoms with Crippen LogP contribution in [-0.4, -0.2) is 26.2 Å². The molecular formula is C10H10BrCl2NO2. The minimum Gasteiger partial charge on any atom is -0.383 e. The third kappa shape index (κ3) is 3.63. The lowest BCUT2D eigenvalue weighted by Crippen LogP contribution is -2.27. The summed E-state index contributed by atoms with van der Waals surface area (Å²) in [5.41, 5.74) is 0.353. The molecule has 1 rings (SSSR count). The first-order chi connectivity index (χ1) is 7.56. The second-order valence-electron chi connectivity index (χ2n) is 2.99. The Hall–Kier alpha value is -0.290. The van der Waals surface area contributed by atoms with Crippen LogP contribution in [0.3, 0.4) is 0 Å². The van der Waals surface area contributed by atoms with Crippen molar-refractivity contribution < 1.29 is 9.53 Å². The summed E-state index contributed by atoms with van der Waals surface area (Å²) in [6, 6.07) is 3.12. The number of hydrogen-bond acceptors (Lipinski definition) is 2. The third-order valence-corrected chi connectivity index (χ3v) is 3.36. The highest BCUT2D eigenvalue weighted by Crippen LogP contribution is 2.29. The molecule has 0 aliphatic heterocycles. The molecule has 16 heavy (non-hydrogen) atoms. The van der Waals surface area contributed by atoms with Crippen LogP contribution < -0.4 is 5.32 Å². The highest BCUT2D eigenvalue weighted by atomic mass is 79.9. The molecule has 3 nitrogen and oxygen atoms in total. The van der Waals surface area contributed by atoms with E-state index >= 15 is 0 Å². The Morgan fingerprint density at radius 2 is 2.12 bits per heavy atom. The summed E-state index contributed by atoms with van der Waals surface area (Å²) in [6.07, 6.45) is 0. The second kappa shape index (κ2) is 6.45. The predicted molar refractivity (Wildman–Crippen MR) is 68.4 cm³/mol. The van der Waals surface area contributed by atoms with Gasteiger partial charge in [-0.25, -0.2) is 0 Å². The molecule has 0 heterocycles. The van der Waals surface area contributed by atoms with E-state index in [-0.39, 0.29) is 5.91 Å². The summed E-state index contributed by atoms with van der Waals surface area (Å²) >= 11 is 15.0. The fourth-order valence-electron chi connectivity index (χ4n) is 1.06. The van der Waals surface area contributed by atoms with Gasteiger partial charge in [-0.1, -0.05) is 23.2 Å². The third-order valence-electron chi connectivity index (χ3n) is 1.85. The van der Waals surface area contributed by atoms with E-state index in [4.69, 9.17) is 27.9 Å². The quantitative estimate of drug-likeness (QED) is 0.682. The first kappa shape index (κ1) is 13.8. The van der Waals surface area contributed by atoms with Gasteiger partial charge in [0.15, 0.2) is 0 Å². The topological polar surface area (TPSA) is 38.3 Å². The SMILES string of the molecule is COCCNC(=O)c1cc(Cl)c(Br)cc1Cl. The second-order valence-corrected chi connectivity index (χ2v) is 4.66. The molecule has 0 aliphatic carbocycles. The van der Waals surface area contributed by atoms with E-state index in [0.29, 0.717) is 33.2 Å². The molecule has 0 radical (unpaired) electrons. The van der Waals surface area contributed by atoms with E-state index < -0.39 is 0 Å². The zero-order valence-electron chi connectivity index (χ0n) is 8.52. The summed E-state index contributed by atoms with van der Waals surface area (Å²) in [5, 5.41) is 3.46. The molecule has 0 atom stereocenters. The number of halogens is 3. The number of ether oxygens (including phenoxy) is 1. The molecule has 0 fully saturated rings. The fraction of sp³-hybridized carbons (Fsp3) is 0.300. The van der Waals surface area contributed by atoms with Crippen LogP contribution in [0.15, 0.2) is 16.6 Å². The maximum Gasteiger partial charge on any atom is 0.252 e. The highest BCUT2D eigenvalue weighted by Gasteiger charge is 2.12. The van der Waals surface area contributed by atoms with Gasteiger partial charge in [0.2, 0.25) is 0 Å². The minimum atomic E-state index is -0.267. The first-order valence-corrected chi connectivity index (χ1v) is 6.03. The molecule has 1 amide bonds. The molecule has 0 bridgehead atoms. The Labute approximate surface area is 112 Å². The van der Waals surface area contributed by atoms with Crippen LogP contribution in [0.2, 0.25) is 10.0 Å². The smallest absolute Gasteiger partial charge is 0.252 e. The van der Waals surface area contributed by atoms with Gasteiger partial charge in [-0.05, 0) is 28.1 Å². The van der Waals surface area contributed by atoms with Crippen molar-refractivity contribution in [2.45, 2.75) is 0 Å². The lowest BCUT2D eigenvalue weighted by atomic mass is 10.2. The van der Waals surface area contributed by atoms with Gasteiger partial charge < -0.3 is 10.1 Å². The van der Waals surface area contributed by atoms with Gasteiger partial charge in [0.25, 0.3) is 5.91 Å². The zero-order chi connectivity index (χ0) is 12.1. The number of carbonyl (C=O) groups excluding carboxylic acids is 1. The summed E-state index contributed by atoms with van der Waals surface area (Å²) in [6.45, 7) is 0.882. The van der Waals surface area contributed by atoms with Crippen LogP contribution in [-0.2, 0) is 4.74 Å². The van der Waals surface area contributed by atoms with Gasteiger partial charge in [-0.3, -0.25) is 4.79 Å². The van der Waals surface area contributed by atoms with Crippen LogP contribution in [0.25, 0.3) is 0 Å². The molecule has 0 unspecified atom stereocenters. The molecule has 1 aromatic rings. The maximum absolute atomic E-state index is 11.7. The van der Waals surface area contributed by atoms with Crippen LogP contribution in [0.4, 0.5) is 0 Å². The Kier molecular flexibility index (Phi) is 5.55. The Balaban J connectivity index is 2.79. The fourth-order valence-corrected chi connectivity index (χ4v) is 1.95. The normalized spacial score (nSPS) is 10.2. The van der Waals surface area contributed by atoms with E-state index in [1.165, 1.54) is 6.07 Å². The van der Waals surface area contributed by atoms with Crippen LogP contribution in [0.1, 0.15) is 10.4 Å². The van der Waals surface area contributed by atoms with E-state index in [1.807, 2.05) is 0 Å². The number of benzene rings is 1. The van der Waals surface area contributed by atoms with E-state index in [0.717, 1.165) is 0 Å². The zero-order valence-corrected chi connectivity index (χ0v) is 11.6.